The Kier molecular flexibility index (Phi) is 5.38. The molecule has 5 rings (SSSR count). The number of aromatic nitrogens is 2. The van der Waals surface area contributed by atoms with Crippen molar-refractivity contribution in [1.82, 2.24) is 9.55 Å². The van der Waals surface area contributed by atoms with Crippen molar-refractivity contribution in [2.45, 2.75) is 44.1 Å². The minimum absolute atomic E-state index is 0.0213. The Hall–Kier alpha value is -2.90. The third-order valence-electron chi connectivity index (χ3n) is 6.11. The van der Waals surface area contributed by atoms with E-state index in [1.807, 2.05) is 30.3 Å². The second kappa shape index (κ2) is 8.32. The first-order chi connectivity index (χ1) is 15.2. The lowest BCUT2D eigenvalue weighted by atomic mass is 9.92. The summed E-state index contributed by atoms with van der Waals surface area (Å²) in [6.45, 7) is 1.79. The Bertz CT molecular complexity index is 1110. The molecule has 7 nitrogen and oxygen atoms in total. The van der Waals surface area contributed by atoms with Crippen molar-refractivity contribution in [2.24, 2.45) is 0 Å². The predicted molar refractivity (Wildman–Crippen MR) is 116 cm³/mol. The van der Waals surface area contributed by atoms with Crippen LogP contribution >= 0.6 is 0 Å². The quantitative estimate of drug-likeness (QED) is 0.627. The molecule has 1 spiro atoms. The van der Waals surface area contributed by atoms with Crippen LogP contribution in [0.5, 0.6) is 11.5 Å². The molecule has 162 valence electrons. The summed E-state index contributed by atoms with van der Waals surface area (Å²) >= 11 is 0. The number of hydrogen-bond acceptors (Lipinski definition) is 6. The van der Waals surface area contributed by atoms with Gasteiger partial charge in [0.15, 0.2) is 17.3 Å². The number of fused-ring (bicyclic) bond motifs is 1. The maximum atomic E-state index is 13.1. The smallest absolute Gasteiger partial charge is 0.261 e. The van der Waals surface area contributed by atoms with Crippen molar-refractivity contribution in [1.29, 1.82) is 0 Å². The molecule has 1 aliphatic carbocycles. The molecular weight excluding hydrogens is 396 g/mol. The highest BCUT2D eigenvalue weighted by Crippen LogP contribution is 2.39. The zero-order chi connectivity index (χ0) is 21.3. The van der Waals surface area contributed by atoms with Gasteiger partial charge in [0, 0.05) is 18.9 Å². The summed E-state index contributed by atoms with van der Waals surface area (Å²) in [4.78, 5) is 17.6. The molecule has 3 aromatic rings. The van der Waals surface area contributed by atoms with Gasteiger partial charge in [-0.2, -0.15) is 0 Å². The lowest BCUT2D eigenvalue weighted by Gasteiger charge is -2.35. The molecule has 2 fully saturated rings. The van der Waals surface area contributed by atoms with E-state index in [9.17, 15) is 4.79 Å². The molecule has 1 saturated carbocycles. The Balaban J connectivity index is 1.41. The molecule has 31 heavy (non-hydrogen) atoms. The van der Waals surface area contributed by atoms with E-state index < -0.39 is 5.79 Å². The van der Waals surface area contributed by atoms with Crippen molar-refractivity contribution in [3.63, 3.8) is 0 Å². The fourth-order valence-corrected chi connectivity index (χ4v) is 4.42. The summed E-state index contributed by atoms with van der Waals surface area (Å²) in [6, 6.07) is 13.4. The molecule has 2 heterocycles. The predicted octanol–water partition coefficient (Wildman–Crippen LogP) is 3.52. The van der Waals surface area contributed by atoms with Crippen LogP contribution in [0.25, 0.3) is 10.9 Å². The van der Waals surface area contributed by atoms with Crippen molar-refractivity contribution >= 4 is 10.9 Å². The Morgan fingerprint density at radius 2 is 1.84 bits per heavy atom. The lowest BCUT2D eigenvalue weighted by molar-refractivity contribution is -0.186. The van der Waals surface area contributed by atoms with Crippen LogP contribution in [0.15, 0.2) is 53.6 Å². The number of methoxy groups -OCH3 is 1. The first kappa shape index (κ1) is 20.0. The summed E-state index contributed by atoms with van der Waals surface area (Å²) in [7, 11) is 1.60. The Morgan fingerprint density at radius 1 is 1.10 bits per heavy atom. The SMILES string of the molecule is COc1cc2ncn(Cc3ccccc3)c(=O)c2cc1OC1CCC2(CC1)OCCO2. The highest BCUT2D eigenvalue weighted by Gasteiger charge is 2.41. The fourth-order valence-electron chi connectivity index (χ4n) is 4.42. The van der Waals surface area contributed by atoms with Crippen molar-refractivity contribution in [3.05, 3.63) is 64.7 Å². The van der Waals surface area contributed by atoms with E-state index in [-0.39, 0.29) is 11.7 Å². The maximum absolute atomic E-state index is 13.1. The monoisotopic (exact) mass is 422 g/mol. The first-order valence-electron chi connectivity index (χ1n) is 10.7. The molecule has 0 atom stereocenters. The molecule has 0 radical (unpaired) electrons. The van der Waals surface area contributed by atoms with Gasteiger partial charge in [-0.3, -0.25) is 9.36 Å². The largest absolute Gasteiger partial charge is 0.493 e. The molecular formula is C24H26N2O5. The highest BCUT2D eigenvalue weighted by molar-refractivity contribution is 5.81. The summed E-state index contributed by atoms with van der Waals surface area (Å²) in [5.41, 5.74) is 1.54. The molecule has 7 heteroatoms. The summed E-state index contributed by atoms with van der Waals surface area (Å²) in [5.74, 6) is 0.719. The molecule has 1 saturated heterocycles. The van der Waals surface area contributed by atoms with Gasteiger partial charge in [-0.1, -0.05) is 30.3 Å². The van der Waals surface area contributed by atoms with Crippen LogP contribution in [0.3, 0.4) is 0 Å². The third-order valence-corrected chi connectivity index (χ3v) is 6.11. The van der Waals surface area contributed by atoms with E-state index in [4.69, 9.17) is 18.9 Å². The van der Waals surface area contributed by atoms with E-state index in [1.165, 1.54) is 0 Å². The maximum Gasteiger partial charge on any atom is 0.261 e. The summed E-state index contributed by atoms with van der Waals surface area (Å²) in [5, 5.41) is 0.518. The zero-order valence-corrected chi connectivity index (χ0v) is 17.6. The van der Waals surface area contributed by atoms with Gasteiger partial charge in [0.25, 0.3) is 5.56 Å². The van der Waals surface area contributed by atoms with Crippen molar-refractivity contribution in [3.8, 4) is 11.5 Å². The molecule has 0 N–H and O–H groups in total. The highest BCUT2D eigenvalue weighted by atomic mass is 16.7. The normalized spacial score (nSPS) is 18.5. The first-order valence-corrected chi connectivity index (χ1v) is 10.7. The number of nitrogens with zero attached hydrogens (tertiary/aromatic N) is 2. The Labute approximate surface area is 180 Å². The van der Waals surface area contributed by atoms with Crippen LogP contribution < -0.4 is 15.0 Å². The van der Waals surface area contributed by atoms with Gasteiger partial charge in [0.1, 0.15) is 0 Å². The van der Waals surface area contributed by atoms with Gasteiger partial charge in [-0.05, 0) is 24.5 Å². The third kappa shape index (κ3) is 4.03. The lowest BCUT2D eigenvalue weighted by Crippen LogP contribution is -2.38. The molecule has 0 bridgehead atoms. The molecule has 1 aliphatic heterocycles. The average molecular weight is 422 g/mol. The summed E-state index contributed by atoms with van der Waals surface area (Å²) < 4.78 is 25.0. The minimum atomic E-state index is -0.428. The standard InChI is InChI=1S/C24H26N2O5/c1-28-21-14-20-19(23(27)26(16-25-20)15-17-5-3-2-4-6-17)13-22(21)31-18-7-9-24(10-8-18)29-11-12-30-24/h2-6,13-14,16,18H,7-12,15H2,1H3. The van der Waals surface area contributed by atoms with E-state index in [0.29, 0.717) is 42.2 Å². The number of rotatable bonds is 5. The van der Waals surface area contributed by atoms with Gasteiger partial charge in [0.05, 0.1) is 50.2 Å². The molecule has 0 unspecified atom stereocenters. The zero-order valence-electron chi connectivity index (χ0n) is 17.6. The topological polar surface area (TPSA) is 71.8 Å². The molecule has 2 aromatic carbocycles. The van der Waals surface area contributed by atoms with Crippen LogP contribution in [-0.4, -0.2) is 41.8 Å². The molecule has 2 aliphatic rings. The molecule has 0 amide bonds. The van der Waals surface area contributed by atoms with Gasteiger partial charge >= 0.3 is 0 Å². The number of ether oxygens (including phenoxy) is 4. The van der Waals surface area contributed by atoms with Crippen LogP contribution in [0.2, 0.25) is 0 Å². The average Bonchev–Trinajstić information content (AvgIpc) is 3.26. The van der Waals surface area contributed by atoms with E-state index in [0.717, 1.165) is 31.2 Å². The number of hydrogen-bond donors (Lipinski definition) is 0. The van der Waals surface area contributed by atoms with Gasteiger partial charge < -0.3 is 18.9 Å². The van der Waals surface area contributed by atoms with Crippen LogP contribution in [-0.2, 0) is 16.0 Å². The van der Waals surface area contributed by atoms with E-state index >= 15 is 0 Å². The van der Waals surface area contributed by atoms with Crippen LogP contribution in [0.4, 0.5) is 0 Å². The van der Waals surface area contributed by atoms with Gasteiger partial charge in [-0.15, -0.1) is 0 Å². The van der Waals surface area contributed by atoms with Crippen molar-refractivity contribution in [2.75, 3.05) is 20.3 Å². The van der Waals surface area contributed by atoms with Crippen LogP contribution in [0.1, 0.15) is 31.2 Å². The van der Waals surface area contributed by atoms with Gasteiger partial charge in [0.2, 0.25) is 0 Å². The van der Waals surface area contributed by atoms with Crippen molar-refractivity contribution < 1.29 is 18.9 Å². The second-order valence-corrected chi connectivity index (χ2v) is 8.11. The van der Waals surface area contributed by atoms with Gasteiger partial charge in [-0.25, -0.2) is 4.98 Å². The second-order valence-electron chi connectivity index (χ2n) is 8.11. The van der Waals surface area contributed by atoms with E-state index in [1.54, 1.807) is 30.1 Å². The minimum Gasteiger partial charge on any atom is -0.493 e. The number of benzene rings is 2. The van der Waals surface area contributed by atoms with E-state index in [2.05, 4.69) is 4.98 Å². The van der Waals surface area contributed by atoms with Crippen LogP contribution in [0, 0.1) is 0 Å². The Morgan fingerprint density at radius 3 is 2.55 bits per heavy atom. The fraction of sp³-hybridized carbons (Fsp3) is 0.417. The summed E-state index contributed by atoms with van der Waals surface area (Å²) in [6.07, 6.45) is 4.87. The molecule has 1 aromatic heterocycles.